The lowest BCUT2D eigenvalue weighted by molar-refractivity contribution is -0.146. The van der Waals surface area contributed by atoms with Crippen molar-refractivity contribution in [1.82, 2.24) is 10.2 Å². The number of carboxylic acid groups (broad SMARTS) is 1. The second-order valence-electron chi connectivity index (χ2n) is 5.54. The predicted octanol–water partition coefficient (Wildman–Crippen LogP) is 0.533. The van der Waals surface area contributed by atoms with Crippen LogP contribution in [0.5, 0.6) is 0 Å². The smallest absolute Gasteiger partial charge is 0.308 e. The summed E-state index contributed by atoms with van der Waals surface area (Å²) in [6.07, 6.45) is 4.48. The van der Waals surface area contributed by atoms with Gasteiger partial charge in [-0.15, -0.1) is 0 Å². The molecule has 2 bridgehead atoms. The minimum Gasteiger partial charge on any atom is -0.481 e. The van der Waals surface area contributed by atoms with Gasteiger partial charge in [-0.25, -0.2) is 0 Å². The molecule has 0 radical (unpaired) electrons. The molecule has 4 nitrogen and oxygen atoms in total. The van der Waals surface area contributed by atoms with Crippen LogP contribution in [0.1, 0.15) is 25.7 Å². The van der Waals surface area contributed by atoms with Crippen LogP contribution in [0.3, 0.4) is 0 Å². The molecule has 1 aliphatic carbocycles. The molecule has 0 amide bonds. The van der Waals surface area contributed by atoms with E-state index >= 15 is 0 Å². The summed E-state index contributed by atoms with van der Waals surface area (Å²) in [4.78, 5) is 13.4. The summed E-state index contributed by atoms with van der Waals surface area (Å²) in [5, 5.41) is 12.6. The third kappa shape index (κ3) is 1.74. The second-order valence-corrected chi connectivity index (χ2v) is 5.54. The lowest BCUT2D eigenvalue weighted by Crippen LogP contribution is -2.61. The number of nitrogens with zero attached hydrogens (tertiary/aromatic N) is 1. The fourth-order valence-corrected chi connectivity index (χ4v) is 3.42. The maximum atomic E-state index is 10.9. The lowest BCUT2D eigenvalue weighted by Gasteiger charge is -2.48. The summed E-state index contributed by atoms with van der Waals surface area (Å²) in [7, 11) is 0. The number of nitrogens with one attached hydrogen (secondary N) is 1. The summed E-state index contributed by atoms with van der Waals surface area (Å²) in [5.41, 5.74) is 0. The molecule has 3 heterocycles. The van der Waals surface area contributed by atoms with Crippen LogP contribution in [-0.2, 0) is 4.79 Å². The summed E-state index contributed by atoms with van der Waals surface area (Å²) in [6.45, 7) is 3.62. The molecule has 4 aliphatic rings. The number of hydrogen-bond acceptors (Lipinski definition) is 3. The molecule has 0 aromatic rings. The van der Waals surface area contributed by atoms with Crippen LogP contribution in [0.4, 0.5) is 0 Å². The number of carbonyl (C=O) groups is 1. The van der Waals surface area contributed by atoms with E-state index in [0.29, 0.717) is 6.04 Å². The van der Waals surface area contributed by atoms with E-state index in [1.54, 1.807) is 0 Å². The molecule has 3 saturated heterocycles. The van der Waals surface area contributed by atoms with E-state index in [9.17, 15) is 4.79 Å². The number of hydrogen-bond donors (Lipinski definition) is 2. The van der Waals surface area contributed by atoms with Gasteiger partial charge in [-0.2, -0.15) is 0 Å². The van der Waals surface area contributed by atoms with E-state index in [1.165, 1.54) is 25.9 Å². The van der Waals surface area contributed by atoms with Gasteiger partial charge in [0.15, 0.2) is 0 Å². The second kappa shape index (κ2) is 4.00. The minimum absolute atomic E-state index is 0.129. The van der Waals surface area contributed by atoms with Crippen molar-refractivity contribution in [2.75, 3.05) is 19.6 Å². The predicted molar refractivity (Wildman–Crippen MR) is 60.2 cm³/mol. The largest absolute Gasteiger partial charge is 0.481 e. The number of piperidine rings is 3. The van der Waals surface area contributed by atoms with E-state index in [2.05, 4.69) is 10.2 Å². The first-order valence-corrected chi connectivity index (χ1v) is 6.45. The third-order valence-electron chi connectivity index (χ3n) is 4.68. The Labute approximate surface area is 96.0 Å². The van der Waals surface area contributed by atoms with Gasteiger partial charge in [-0.05, 0) is 44.7 Å². The first-order valence-electron chi connectivity index (χ1n) is 6.45. The molecule has 4 fully saturated rings. The Hall–Kier alpha value is -0.610. The van der Waals surface area contributed by atoms with Crippen molar-refractivity contribution < 1.29 is 9.90 Å². The molecule has 4 rings (SSSR count). The number of carboxylic acids is 1. The summed E-state index contributed by atoms with van der Waals surface area (Å²) < 4.78 is 0. The maximum Gasteiger partial charge on any atom is 0.308 e. The zero-order valence-corrected chi connectivity index (χ0v) is 9.56. The van der Waals surface area contributed by atoms with Crippen molar-refractivity contribution in [1.29, 1.82) is 0 Å². The van der Waals surface area contributed by atoms with Crippen LogP contribution >= 0.6 is 0 Å². The van der Waals surface area contributed by atoms with Crippen LogP contribution in [0.2, 0.25) is 0 Å². The van der Waals surface area contributed by atoms with Gasteiger partial charge in [0.2, 0.25) is 0 Å². The van der Waals surface area contributed by atoms with E-state index in [-0.39, 0.29) is 12.0 Å². The lowest BCUT2D eigenvalue weighted by atomic mass is 9.77. The van der Waals surface area contributed by atoms with Crippen molar-refractivity contribution in [3.05, 3.63) is 0 Å². The molecule has 3 aliphatic heterocycles. The van der Waals surface area contributed by atoms with Crippen LogP contribution in [0.15, 0.2) is 0 Å². The van der Waals surface area contributed by atoms with Crippen LogP contribution in [0.25, 0.3) is 0 Å². The molecule has 0 aromatic carbocycles. The Kier molecular flexibility index (Phi) is 2.64. The van der Waals surface area contributed by atoms with E-state index < -0.39 is 5.97 Å². The molecular formula is C12H20N2O2. The van der Waals surface area contributed by atoms with Gasteiger partial charge in [0.25, 0.3) is 0 Å². The van der Waals surface area contributed by atoms with Gasteiger partial charge >= 0.3 is 5.97 Å². The summed E-state index contributed by atoms with van der Waals surface area (Å²) in [5.74, 6) is 0.0422. The van der Waals surface area contributed by atoms with Crippen molar-refractivity contribution in [2.45, 2.75) is 37.8 Å². The molecule has 3 atom stereocenters. The van der Waals surface area contributed by atoms with Gasteiger partial charge < -0.3 is 15.3 Å². The zero-order chi connectivity index (χ0) is 11.1. The molecule has 0 spiro atoms. The number of aliphatic carboxylic acids is 1. The average molecular weight is 224 g/mol. The van der Waals surface area contributed by atoms with Gasteiger partial charge in [-0.3, -0.25) is 4.79 Å². The molecule has 0 aromatic heterocycles. The minimum atomic E-state index is -0.620. The van der Waals surface area contributed by atoms with Crippen LogP contribution in [0, 0.1) is 11.8 Å². The van der Waals surface area contributed by atoms with Crippen LogP contribution in [-0.4, -0.2) is 47.7 Å². The molecule has 1 saturated carbocycles. The standard InChI is InChI=1S/C12H20N2O2/c15-12(16)9-1-2-10(9)13-11-7-14-5-3-8(11)4-6-14/h8-11,13H,1-7H2,(H,15,16). The molecule has 4 heteroatoms. The van der Waals surface area contributed by atoms with Gasteiger partial charge in [0.1, 0.15) is 0 Å². The highest BCUT2D eigenvalue weighted by Crippen LogP contribution is 2.32. The van der Waals surface area contributed by atoms with Crippen molar-refractivity contribution in [3.8, 4) is 0 Å². The van der Waals surface area contributed by atoms with E-state index in [0.717, 1.165) is 25.3 Å². The summed E-state index contributed by atoms with van der Waals surface area (Å²) >= 11 is 0. The molecular weight excluding hydrogens is 204 g/mol. The first kappa shape index (κ1) is 10.5. The molecule has 16 heavy (non-hydrogen) atoms. The van der Waals surface area contributed by atoms with E-state index in [1.807, 2.05) is 0 Å². The molecule has 3 unspecified atom stereocenters. The van der Waals surface area contributed by atoms with Crippen molar-refractivity contribution in [3.63, 3.8) is 0 Å². The monoisotopic (exact) mass is 224 g/mol. The number of fused-ring (bicyclic) bond motifs is 3. The average Bonchev–Trinajstić information content (AvgIpc) is 2.25. The Bertz CT molecular complexity index is 287. The Balaban J connectivity index is 1.57. The quantitative estimate of drug-likeness (QED) is 0.734. The molecule has 2 N–H and O–H groups in total. The van der Waals surface area contributed by atoms with Crippen molar-refractivity contribution in [2.24, 2.45) is 11.8 Å². The fraction of sp³-hybridized carbons (Fsp3) is 0.917. The third-order valence-corrected chi connectivity index (χ3v) is 4.68. The zero-order valence-electron chi connectivity index (χ0n) is 9.56. The maximum absolute atomic E-state index is 10.9. The fourth-order valence-electron chi connectivity index (χ4n) is 3.42. The highest BCUT2D eigenvalue weighted by atomic mass is 16.4. The Morgan fingerprint density at radius 2 is 1.88 bits per heavy atom. The molecule has 90 valence electrons. The Morgan fingerprint density at radius 3 is 2.31 bits per heavy atom. The summed E-state index contributed by atoms with van der Waals surface area (Å²) in [6, 6.07) is 0.790. The topological polar surface area (TPSA) is 52.6 Å². The van der Waals surface area contributed by atoms with E-state index in [4.69, 9.17) is 5.11 Å². The highest BCUT2D eigenvalue weighted by Gasteiger charge is 2.41. The highest BCUT2D eigenvalue weighted by molar-refractivity contribution is 5.72. The number of rotatable bonds is 3. The van der Waals surface area contributed by atoms with Gasteiger partial charge in [0.05, 0.1) is 5.92 Å². The first-order chi connectivity index (χ1) is 7.74. The normalized spacial score (nSPS) is 46.4. The van der Waals surface area contributed by atoms with Gasteiger partial charge in [0, 0.05) is 18.6 Å². The SMILES string of the molecule is O=C(O)C1CCC1NC1CN2CCC1CC2. The van der Waals surface area contributed by atoms with Crippen LogP contribution < -0.4 is 5.32 Å². The van der Waals surface area contributed by atoms with Crippen molar-refractivity contribution >= 4 is 5.97 Å². The van der Waals surface area contributed by atoms with Gasteiger partial charge in [-0.1, -0.05) is 0 Å². The Morgan fingerprint density at radius 1 is 1.12 bits per heavy atom.